The van der Waals surface area contributed by atoms with E-state index in [-0.39, 0.29) is 30.4 Å². The van der Waals surface area contributed by atoms with Crippen LogP contribution in [0.1, 0.15) is 58.3 Å². The van der Waals surface area contributed by atoms with Gasteiger partial charge >= 0.3 is 6.03 Å². The highest BCUT2D eigenvalue weighted by molar-refractivity contribution is 6.08. The van der Waals surface area contributed by atoms with E-state index in [1.807, 2.05) is 0 Å². The van der Waals surface area contributed by atoms with Crippen molar-refractivity contribution in [3.8, 4) is 0 Å². The molecule has 2 heterocycles. The Morgan fingerprint density at radius 2 is 1.81 bits per heavy atom. The molecule has 4 amide bonds. The smallest absolute Gasteiger partial charge is 0.327 e. The Kier molecular flexibility index (Phi) is 5.85. The molecule has 0 radical (unpaired) electrons. The molecule has 0 bridgehead atoms. The van der Waals surface area contributed by atoms with Crippen molar-refractivity contribution < 1.29 is 14.4 Å². The molecule has 146 valence electrons. The Morgan fingerprint density at radius 1 is 1.15 bits per heavy atom. The third-order valence-electron chi connectivity index (χ3n) is 6.28. The summed E-state index contributed by atoms with van der Waals surface area (Å²) in [5.41, 5.74) is -0.707. The van der Waals surface area contributed by atoms with E-state index in [0.29, 0.717) is 12.8 Å². The molecule has 1 saturated carbocycles. The highest BCUT2D eigenvalue weighted by Gasteiger charge is 2.55. The van der Waals surface area contributed by atoms with Crippen molar-refractivity contribution >= 4 is 17.8 Å². The number of nitrogens with zero attached hydrogens (tertiary/aromatic N) is 3. The second kappa shape index (κ2) is 7.94. The molecule has 3 fully saturated rings. The molecule has 1 spiro atoms. The van der Waals surface area contributed by atoms with Crippen LogP contribution < -0.4 is 5.32 Å². The molecule has 0 atom stereocenters. The first kappa shape index (κ1) is 19.1. The van der Waals surface area contributed by atoms with E-state index in [2.05, 4.69) is 17.1 Å². The van der Waals surface area contributed by atoms with Gasteiger partial charge in [0, 0.05) is 26.2 Å². The second-order valence-electron chi connectivity index (χ2n) is 8.01. The van der Waals surface area contributed by atoms with Gasteiger partial charge in [0.1, 0.15) is 12.1 Å². The molecule has 1 N–H and O–H groups in total. The first-order chi connectivity index (χ1) is 12.5. The Labute approximate surface area is 156 Å². The molecule has 0 unspecified atom stereocenters. The Hall–Kier alpha value is -1.63. The number of imide groups is 1. The first-order valence-corrected chi connectivity index (χ1v) is 10.1. The Morgan fingerprint density at radius 3 is 2.42 bits per heavy atom. The molecule has 0 aromatic heterocycles. The maximum absolute atomic E-state index is 12.9. The van der Waals surface area contributed by atoms with Crippen molar-refractivity contribution in [1.29, 1.82) is 0 Å². The van der Waals surface area contributed by atoms with Gasteiger partial charge in [-0.2, -0.15) is 0 Å². The molecule has 26 heavy (non-hydrogen) atoms. The summed E-state index contributed by atoms with van der Waals surface area (Å²) in [6, 6.07) is -0.186. The zero-order valence-corrected chi connectivity index (χ0v) is 16.1. The van der Waals surface area contributed by atoms with Crippen molar-refractivity contribution in [2.75, 3.05) is 33.2 Å². The van der Waals surface area contributed by atoms with Crippen LogP contribution >= 0.6 is 0 Å². The number of piperidine rings is 1. The number of hydrogen-bond donors (Lipinski definition) is 1. The Bertz CT molecular complexity index is 551. The normalized spacial score (nSPS) is 24.5. The van der Waals surface area contributed by atoms with Gasteiger partial charge in [-0.05, 0) is 38.6 Å². The van der Waals surface area contributed by atoms with Crippen LogP contribution in [0.3, 0.4) is 0 Å². The summed E-state index contributed by atoms with van der Waals surface area (Å²) in [6.45, 7) is 5.11. The van der Waals surface area contributed by atoms with Crippen molar-refractivity contribution in [3.05, 3.63) is 0 Å². The number of likely N-dealkylation sites (tertiary alicyclic amines) is 1. The summed E-state index contributed by atoms with van der Waals surface area (Å²) < 4.78 is 0. The summed E-state index contributed by atoms with van der Waals surface area (Å²) in [5.74, 6) is -0.403. The second-order valence-corrected chi connectivity index (χ2v) is 8.01. The zero-order chi connectivity index (χ0) is 18.7. The van der Waals surface area contributed by atoms with Crippen LogP contribution in [-0.4, -0.2) is 77.4 Å². The third kappa shape index (κ3) is 3.59. The summed E-state index contributed by atoms with van der Waals surface area (Å²) in [4.78, 5) is 43.1. The number of hydrogen-bond acceptors (Lipinski definition) is 4. The minimum Gasteiger partial charge on any atom is -0.352 e. The van der Waals surface area contributed by atoms with E-state index < -0.39 is 5.54 Å². The van der Waals surface area contributed by atoms with Crippen LogP contribution in [0.5, 0.6) is 0 Å². The fraction of sp³-hybridized carbons (Fsp3) is 0.842. The fourth-order valence-electron chi connectivity index (χ4n) is 4.71. The summed E-state index contributed by atoms with van der Waals surface area (Å²) in [5, 5.41) is 3.03. The molecule has 7 heteroatoms. The minimum atomic E-state index is -0.707. The predicted octanol–water partition coefficient (Wildman–Crippen LogP) is 1.57. The van der Waals surface area contributed by atoms with Crippen LogP contribution in [0, 0.1) is 0 Å². The topological polar surface area (TPSA) is 73.0 Å². The molecule has 2 aliphatic heterocycles. The average Bonchev–Trinajstić information content (AvgIpc) is 2.81. The van der Waals surface area contributed by atoms with Gasteiger partial charge in [-0.1, -0.05) is 26.2 Å². The van der Waals surface area contributed by atoms with E-state index >= 15 is 0 Å². The van der Waals surface area contributed by atoms with Crippen LogP contribution in [-0.2, 0) is 9.59 Å². The number of likely N-dealkylation sites (N-methyl/N-ethyl adjacent to an activating group) is 1. The monoisotopic (exact) mass is 364 g/mol. The summed E-state index contributed by atoms with van der Waals surface area (Å²) >= 11 is 0. The van der Waals surface area contributed by atoms with Gasteiger partial charge in [-0.15, -0.1) is 0 Å². The predicted molar refractivity (Wildman–Crippen MR) is 98.6 cm³/mol. The lowest BCUT2D eigenvalue weighted by Crippen LogP contribution is -2.50. The van der Waals surface area contributed by atoms with Gasteiger partial charge in [0.15, 0.2) is 0 Å². The number of rotatable bonds is 5. The van der Waals surface area contributed by atoms with E-state index in [4.69, 9.17) is 0 Å². The van der Waals surface area contributed by atoms with Crippen LogP contribution in [0.25, 0.3) is 0 Å². The third-order valence-corrected chi connectivity index (χ3v) is 6.28. The molecule has 3 rings (SSSR count). The maximum atomic E-state index is 12.9. The number of carbonyl (C=O) groups excluding carboxylic acids is 3. The van der Waals surface area contributed by atoms with Crippen molar-refractivity contribution in [1.82, 2.24) is 20.0 Å². The molecule has 3 aliphatic rings. The van der Waals surface area contributed by atoms with Gasteiger partial charge in [-0.25, -0.2) is 4.79 Å². The van der Waals surface area contributed by atoms with E-state index in [1.54, 1.807) is 11.9 Å². The quantitative estimate of drug-likeness (QED) is 0.752. The zero-order valence-electron chi connectivity index (χ0n) is 16.1. The molecule has 0 aromatic rings. The van der Waals surface area contributed by atoms with Gasteiger partial charge in [0.05, 0.1) is 0 Å². The van der Waals surface area contributed by atoms with E-state index in [9.17, 15) is 14.4 Å². The van der Waals surface area contributed by atoms with Gasteiger partial charge < -0.3 is 15.1 Å². The molecular formula is C19H32N4O3. The number of carbonyl (C=O) groups is 3. The maximum Gasteiger partial charge on any atom is 0.327 e. The highest BCUT2D eigenvalue weighted by Crippen LogP contribution is 2.39. The SMILES string of the molecule is CCCN1CCC(NC(=O)CN2C(=O)N(C)C3(CCCCC3)C2=O)CC1. The lowest BCUT2D eigenvalue weighted by molar-refractivity contribution is -0.137. The Balaban J connectivity index is 1.54. The van der Waals surface area contributed by atoms with Crippen molar-refractivity contribution in [2.24, 2.45) is 0 Å². The lowest BCUT2D eigenvalue weighted by atomic mass is 9.81. The van der Waals surface area contributed by atoms with Crippen LogP contribution in [0.2, 0.25) is 0 Å². The number of urea groups is 1. The minimum absolute atomic E-state index is 0.143. The largest absolute Gasteiger partial charge is 0.352 e. The highest BCUT2D eigenvalue weighted by atomic mass is 16.2. The van der Waals surface area contributed by atoms with Gasteiger partial charge in [-0.3, -0.25) is 14.5 Å². The standard InChI is InChI=1S/C19H32N4O3/c1-3-11-22-12-7-15(8-13-22)20-16(24)14-23-17(25)19(21(2)18(23)26)9-5-4-6-10-19/h15H,3-14H2,1-2H3,(H,20,24). The molecule has 0 aromatic carbocycles. The van der Waals surface area contributed by atoms with Gasteiger partial charge in [0.2, 0.25) is 5.91 Å². The first-order valence-electron chi connectivity index (χ1n) is 10.1. The van der Waals surface area contributed by atoms with Crippen LogP contribution in [0.4, 0.5) is 4.79 Å². The molecular weight excluding hydrogens is 332 g/mol. The van der Waals surface area contributed by atoms with Crippen molar-refractivity contribution in [3.63, 3.8) is 0 Å². The summed E-state index contributed by atoms with van der Waals surface area (Å²) in [6.07, 6.45) is 7.44. The molecule has 1 aliphatic carbocycles. The molecule has 7 nitrogen and oxygen atoms in total. The fourth-order valence-corrected chi connectivity index (χ4v) is 4.71. The summed E-state index contributed by atoms with van der Waals surface area (Å²) in [7, 11) is 1.70. The van der Waals surface area contributed by atoms with E-state index in [0.717, 1.165) is 63.1 Å². The molecule has 2 saturated heterocycles. The number of nitrogens with one attached hydrogen (secondary N) is 1. The lowest BCUT2D eigenvalue weighted by Gasteiger charge is -2.35. The number of amides is 4. The van der Waals surface area contributed by atoms with Crippen LogP contribution in [0.15, 0.2) is 0 Å². The van der Waals surface area contributed by atoms with E-state index in [1.165, 1.54) is 0 Å². The van der Waals surface area contributed by atoms with Crippen molar-refractivity contribution in [2.45, 2.75) is 69.9 Å². The van der Waals surface area contributed by atoms with Gasteiger partial charge in [0.25, 0.3) is 5.91 Å². The average molecular weight is 364 g/mol.